The van der Waals surface area contributed by atoms with E-state index in [2.05, 4.69) is 24.1 Å². The first-order valence-electron chi connectivity index (χ1n) is 5.52. The highest BCUT2D eigenvalue weighted by atomic mass is 16.3. The number of rotatable bonds is 5. The van der Waals surface area contributed by atoms with Gasteiger partial charge in [0, 0.05) is 13.2 Å². The van der Waals surface area contributed by atoms with Gasteiger partial charge in [-0.25, -0.2) is 4.98 Å². The van der Waals surface area contributed by atoms with E-state index in [0.717, 1.165) is 24.5 Å². The maximum atomic E-state index is 8.92. The summed E-state index contributed by atoms with van der Waals surface area (Å²) in [4.78, 5) is 4.34. The van der Waals surface area contributed by atoms with Crippen molar-refractivity contribution in [2.45, 2.75) is 27.2 Å². The van der Waals surface area contributed by atoms with Crippen LogP contribution in [0.1, 0.15) is 26.0 Å². The first kappa shape index (κ1) is 12.8. The molecule has 0 amide bonds. The van der Waals surface area contributed by atoms with Crippen LogP contribution in [0.25, 0.3) is 0 Å². The highest BCUT2D eigenvalue weighted by Crippen LogP contribution is 2.20. The SMILES string of the molecule is Cc1nc(NCC(C)(C)CCO)ccc1N. The van der Waals surface area contributed by atoms with Gasteiger partial charge in [0.2, 0.25) is 0 Å². The van der Waals surface area contributed by atoms with Gasteiger partial charge in [-0.2, -0.15) is 0 Å². The molecule has 0 aromatic carbocycles. The van der Waals surface area contributed by atoms with Crippen molar-refractivity contribution in [3.05, 3.63) is 17.8 Å². The second-order valence-electron chi connectivity index (χ2n) is 4.86. The lowest BCUT2D eigenvalue weighted by molar-refractivity contribution is 0.220. The number of anilines is 2. The molecule has 0 saturated heterocycles. The van der Waals surface area contributed by atoms with Crippen LogP contribution in [0.5, 0.6) is 0 Å². The highest BCUT2D eigenvalue weighted by Gasteiger charge is 2.16. The summed E-state index contributed by atoms with van der Waals surface area (Å²) < 4.78 is 0. The van der Waals surface area contributed by atoms with Gasteiger partial charge >= 0.3 is 0 Å². The van der Waals surface area contributed by atoms with Crippen molar-refractivity contribution in [2.75, 3.05) is 24.2 Å². The van der Waals surface area contributed by atoms with Gasteiger partial charge in [-0.05, 0) is 30.9 Å². The molecule has 0 bridgehead atoms. The van der Waals surface area contributed by atoms with Gasteiger partial charge in [0.25, 0.3) is 0 Å². The number of aromatic nitrogens is 1. The summed E-state index contributed by atoms with van der Waals surface area (Å²) in [5.41, 5.74) is 7.30. The number of hydrogen-bond donors (Lipinski definition) is 3. The molecule has 0 spiro atoms. The van der Waals surface area contributed by atoms with Gasteiger partial charge in [0.1, 0.15) is 5.82 Å². The third kappa shape index (κ3) is 3.70. The normalized spacial score (nSPS) is 11.5. The molecule has 1 rings (SSSR count). The summed E-state index contributed by atoms with van der Waals surface area (Å²) in [6.07, 6.45) is 0.772. The second kappa shape index (κ2) is 5.16. The summed E-state index contributed by atoms with van der Waals surface area (Å²) in [7, 11) is 0. The molecule has 0 atom stereocenters. The molecule has 1 heterocycles. The van der Waals surface area contributed by atoms with E-state index in [0.29, 0.717) is 5.69 Å². The summed E-state index contributed by atoms with van der Waals surface area (Å²) in [5, 5.41) is 12.2. The van der Waals surface area contributed by atoms with E-state index in [1.807, 2.05) is 19.1 Å². The second-order valence-corrected chi connectivity index (χ2v) is 4.86. The van der Waals surface area contributed by atoms with Crippen LogP contribution in [0.3, 0.4) is 0 Å². The lowest BCUT2D eigenvalue weighted by atomic mass is 9.90. The maximum absolute atomic E-state index is 8.92. The fourth-order valence-corrected chi connectivity index (χ4v) is 1.39. The molecule has 0 aliphatic rings. The standard InChI is InChI=1S/C12H21N3O/c1-9-10(13)4-5-11(15-9)14-8-12(2,3)6-7-16/h4-5,16H,6-8,13H2,1-3H3,(H,14,15). The van der Waals surface area contributed by atoms with Crippen LogP contribution in [-0.2, 0) is 0 Å². The lowest BCUT2D eigenvalue weighted by Crippen LogP contribution is -2.24. The van der Waals surface area contributed by atoms with Crippen molar-refractivity contribution >= 4 is 11.5 Å². The summed E-state index contributed by atoms with van der Waals surface area (Å²) in [6, 6.07) is 3.72. The van der Waals surface area contributed by atoms with Crippen LogP contribution in [-0.4, -0.2) is 23.2 Å². The third-order valence-electron chi connectivity index (χ3n) is 2.66. The average Bonchev–Trinajstić information content (AvgIpc) is 2.20. The van der Waals surface area contributed by atoms with Crippen molar-refractivity contribution in [3.8, 4) is 0 Å². The van der Waals surface area contributed by atoms with Gasteiger partial charge in [-0.1, -0.05) is 13.8 Å². The quantitative estimate of drug-likeness (QED) is 0.711. The monoisotopic (exact) mass is 223 g/mol. The molecule has 16 heavy (non-hydrogen) atoms. The van der Waals surface area contributed by atoms with Crippen molar-refractivity contribution in [1.29, 1.82) is 0 Å². The minimum absolute atomic E-state index is 0.0612. The van der Waals surface area contributed by atoms with Gasteiger partial charge in [0.05, 0.1) is 11.4 Å². The molecule has 4 N–H and O–H groups in total. The molecule has 1 aromatic rings. The molecular formula is C12H21N3O. The van der Waals surface area contributed by atoms with Crippen molar-refractivity contribution < 1.29 is 5.11 Å². The van der Waals surface area contributed by atoms with E-state index < -0.39 is 0 Å². The average molecular weight is 223 g/mol. The zero-order valence-electron chi connectivity index (χ0n) is 10.2. The predicted molar refractivity (Wildman–Crippen MR) is 67.4 cm³/mol. The van der Waals surface area contributed by atoms with Crippen LogP contribution >= 0.6 is 0 Å². The van der Waals surface area contributed by atoms with Gasteiger partial charge < -0.3 is 16.2 Å². The number of hydrogen-bond acceptors (Lipinski definition) is 4. The Balaban J connectivity index is 2.57. The molecule has 4 nitrogen and oxygen atoms in total. The molecule has 1 aromatic heterocycles. The zero-order valence-corrected chi connectivity index (χ0v) is 10.2. The molecule has 0 fully saturated rings. The Kier molecular flexibility index (Phi) is 4.12. The summed E-state index contributed by atoms with van der Waals surface area (Å²) >= 11 is 0. The van der Waals surface area contributed by atoms with Gasteiger partial charge in [-0.3, -0.25) is 0 Å². The third-order valence-corrected chi connectivity index (χ3v) is 2.66. The van der Waals surface area contributed by atoms with E-state index in [9.17, 15) is 0 Å². The number of aliphatic hydroxyl groups excluding tert-OH is 1. The Morgan fingerprint density at radius 1 is 1.44 bits per heavy atom. The minimum atomic E-state index is 0.0612. The smallest absolute Gasteiger partial charge is 0.126 e. The molecule has 0 radical (unpaired) electrons. The first-order valence-corrected chi connectivity index (χ1v) is 5.52. The van der Waals surface area contributed by atoms with E-state index in [4.69, 9.17) is 10.8 Å². The van der Waals surface area contributed by atoms with Crippen LogP contribution in [0, 0.1) is 12.3 Å². The van der Waals surface area contributed by atoms with E-state index in [-0.39, 0.29) is 12.0 Å². The van der Waals surface area contributed by atoms with Crippen LogP contribution in [0.4, 0.5) is 11.5 Å². The van der Waals surface area contributed by atoms with Gasteiger partial charge in [-0.15, -0.1) is 0 Å². The molecule has 0 unspecified atom stereocenters. The number of aliphatic hydroxyl groups is 1. The summed E-state index contributed by atoms with van der Waals surface area (Å²) in [5.74, 6) is 0.831. The topological polar surface area (TPSA) is 71.2 Å². The molecule has 0 aliphatic carbocycles. The Morgan fingerprint density at radius 3 is 2.69 bits per heavy atom. The first-order chi connectivity index (χ1) is 7.44. The maximum Gasteiger partial charge on any atom is 0.126 e. The Morgan fingerprint density at radius 2 is 2.12 bits per heavy atom. The fraction of sp³-hybridized carbons (Fsp3) is 0.583. The Labute approximate surface area is 96.9 Å². The molecule has 0 saturated carbocycles. The van der Waals surface area contributed by atoms with E-state index in [1.54, 1.807) is 0 Å². The zero-order chi connectivity index (χ0) is 12.2. The van der Waals surface area contributed by atoms with E-state index in [1.165, 1.54) is 0 Å². The minimum Gasteiger partial charge on any atom is -0.397 e. The highest BCUT2D eigenvalue weighted by molar-refractivity contribution is 5.49. The Bertz CT molecular complexity index is 350. The number of aryl methyl sites for hydroxylation is 1. The summed E-state index contributed by atoms with van der Waals surface area (Å²) in [6.45, 7) is 7.10. The fourth-order valence-electron chi connectivity index (χ4n) is 1.39. The van der Waals surface area contributed by atoms with E-state index >= 15 is 0 Å². The Hall–Kier alpha value is -1.29. The van der Waals surface area contributed by atoms with Crippen LogP contribution in [0.2, 0.25) is 0 Å². The number of nitrogens with zero attached hydrogens (tertiary/aromatic N) is 1. The van der Waals surface area contributed by atoms with Crippen LogP contribution in [0.15, 0.2) is 12.1 Å². The molecule has 0 aliphatic heterocycles. The lowest BCUT2D eigenvalue weighted by Gasteiger charge is -2.24. The van der Waals surface area contributed by atoms with Gasteiger partial charge in [0.15, 0.2) is 0 Å². The molecule has 90 valence electrons. The molecule has 4 heteroatoms. The van der Waals surface area contributed by atoms with Crippen molar-refractivity contribution in [3.63, 3.8) is 0 Å². The number of nitrogen functional groups attached to an aromatic ring is 1. The van der Waals surface area contributed by atoms with Crippen molar-refractivity contribution in [1.82, 2.24) is 4.98 Å². The molecular weight excluding hydrogens is 202 g/mol. The number of nitrogens with two attached hydrogens (primary N) is 1. The number of nitrogens with one attached hydrogen (secondary N) is 1. The number of pyridine rings is 1. The predicted octanol–water partition coefficient (Wildman–Crippen LogP) is 1.79. The largest absolute Gasteiger partial charge is 0.397 e. The van der Waals surface area contributed by atoms with Crippen LogP contribution < -0.4 is 11.1 Å². The van der Waals surface area contributed by atoms with Crippen molar-refractivity contribution in [2.24, 2.45) is 5.41 Å².